The van der Waals surface area contributed by atoms with Crippen LogP contribution in [-0.4, -0.2) is 34.9 Å². The molecule has 5 nitrogen and oxygen atoms in total. The van der Waals surface area contributed by atoms with E-state index in [-0.39, 0.29) is 13.2 Å². The van der Waals surface area contributed by atoms with Crippen molar-refractivity contribution in [2.24, 2.45) is 0 Å². The summed E-state index contributed by atoms with van der Waals surface area (Å²) in [5.41, 5.74) is 2.18. The van der Waals surface area contributed by atoms with E-state index in [4.69, 9.17) is 13.9 Å². The molecule has 35 heavy (non-hydrogen) atoms. The van der Waals surface area contributed by atoms with E-state index in [1.165, 1.54) is 6.07 Å². The molecule has 0 radical (unpaired) electrons. The second-order valence-corrected chi connectivity index (χ2v) is 9.61. The van der Waals surface area contributed by atoms with Gasteiger partial charge in [0.25, 0.3) is 0 Å². The molecule has 6 heteroatoms. The van der Waals surface area contributed by atoms with Crippen LogP contribution in [0.25, 0.3) is 0 Å². The lowest BCUT2D eigenvalue weighted by Gasteiger charge is -2.37. The van der Waals surface area contributed by atoms with Gasteiger partial charge in [-0.2, -0.15) is 0 Å². The summed E-state index contributed by atoms with van der Waals surface area (Å²) >= 11 is 0. The fourth-order valence-electron chi connectivity index (χ4n) is 4.17. The number of carbonyl (C=O) groups excluding carboxylic acids is 2. The van der Waals surface area contributed by atoms with Gasteiger partial charge in [-0.1, -0.05) is 80.4 Å². The Balaban J connectivity index is 2.30. The van der Waals surface area contributed by atoms with Crippen molar-refractivity contribution in [3.63, 3.8) is 0 Å². The van der Waals surface area contributed by atoms with Gasteiger partial charge >= 0.3 is 11.9 Å². The summed E-state index contributed by atoms with van der Waals surface area (Å²) in [6.45, 7) is 6.16. The van der Waals surface area contributed by atoms with E-state index in [0.29, 0.717) is 16.7 Å². The molecule has 0 atom stereocenters. The highest BCUT2D eigenvalue weighted by Crippen LogP contribution is 2.41. The van der Waals surface area contributed by atoms with Gasteiger partial charge in [0, 0.05) is 0 Å². The third kappa shape index (κ3) is 6.27. The molecule has 0 aliphatic carbocycles. The van der Waals surface area contributed by atoms with Gasteiger partial charge in [-0.15, -0.1) is 0 Å². The molecule has 0 saturated carbocycles. The van der Waals surface area contributed by atoms with Crippen molar-refractivity contribution in [1.82, 2.24) is 0 Å². The topological polar surface area (TPSA) is 61.8 Å². The van der Waals surface area contributed by atoms with Gasteiger partial charge in [0.1, 0.15) is 5.60 Å². The van der Waals surface area contributed by atoms with Crippen molar-refractivity contribution in [1.29, 1.82) is 0 Å². The van der Waals surface area contributed by atoms with Crippen molar-refractivity contribution in [3.05, 3.63) is 107 Å². The molecule has 3 aromatic rings. The summed E-state index contributed by atoms with van der Waals surface area (Å²) in [6, 6.07) is 26.1. The first-order valence-electron chi connectivity index (χ1n) is 12.3. The maximum absolute atomic E-state index is 12.8. The maximum Gasteiger partial charge on any atom is 0.338 e. The van der Waals surface area contributed by atoms with Gasteiger partial charge in [-0.25, -0.2) is 9.59 Å². The average molecular weight is 491 g/mol. The largest absolute Gasteiger partial charge is 0.462 e. The summed E-state index contributed by atoms with van der Waals surface area (Å²) in [5, 5.41) is 0. The Morgan fingerprint density at radius 1 is 0.714 bits per heavy atom. The number of ether oxygens (including phenoxy) is 2. The van der Waals surface area contributed by atoms with Crippen LogP contribution in [0.4, 0.5) is 0 Å². The first kappa shape index (κ1) is 26.4. The molecule has 3 rings (SSSR count). The zero-order valence-corrected chi connectivity index (χ0v) is 22.2. The van der Waals surface area contributed by atoms with E-state index in [9.17, 15) is 9.59 Å². The monoisotopic (exact) mass is 490 g/mol. The molecule has 0 heterocycles. The van der Waals surface area contributed by atoms with E-state index in [1.54, 1.807) is 26.0 Å². The Bertz CT molecular complexity index is 1020. The van der Waals surface area contributed by atoms with Gasteiger partial charge in [-0.05, 0) is 54.8 Å². The molecule has 0 aromatic heterocycles. The molecule has 3 aromatic carbocycles. The van der Waals surface area contributed by atoms with Crippen LogP contribution in [0.5, 0.6) is 0 Å². The third-order valence-electron chi connectivity index (χ3n) is 5.79. The lowest BCUT2D eigenvalue weighted by atomic mass is 9.79. The number of hydrogen-bond acceptors (Lipinski definition) is 5. The van der Waals surface area contributed by atoms with Crippen LogP contribution < -0.4 is 0 Å². The van der Waals surface area contributed by atoms with Gasteiger partial charge in [0.05, 0.1) is 24.3 Å². The predicted molar refractivity (Wildman–Crippen MR) is 140 cm³/mol. The maximum atomic E-state index is 12.8. The number of benzene rings is 3. The van der Waals surface area contributed by atoms with E-state index >= 15 is 0 Å². The standard InChI is InChI=1S/C29H34O5Si/c1-4-7-18-35-34-29(24-14-10-8-11-15-24,25-16-12-9-13-17-25)26-20-22(27(30)32-5-2)19-23(21-26)28(31)33-6-3/h8-17,19-21H,4-7,18,35H2,1-3H3. The van der Waals surface area contributed by atoms with Crippen LogP contribution in [0.2, 0.25) is 6.04 Å². The molecule has 0 aliphatic rings. The van der Waals surface area contributed by atoms with Crippen LogP contribution in [0.15, 0.2) is 78.9 Å². The van der Waals surface area contributed by atoms with Crippen LogP contribution in [0.1, 0.15) is 71.0 Å². The Morgan fingerprint density at radius 3 is 1.63 bits per heavy atom. The molecule has 184 valence electrons. The zero-order chi connectivity index (χ0) is 25.1. The van der Waals surface area contributed by atoms with Gasteiger partial charge in [-0.3, -0.25) is 0 Å². The number of rotatable bonds is 12. The molecule has 0 saturated heterocycles. The molecule has 0 unspecified atom stereocenters. The van der Waals surface area contributed by atoms with Crippen molar-refractivity contribution in [3.8, 4) is 0 Å². The summed E-state index contributed by atoms with van der Waals surface area (Å²) in [7, 11) is -0.950. The predicted octanol–water partition coefficient (Wildman–Crippen LogP) is 5.65. The molecule has 0 bridgehead atoms. The lowest BCUT2D eigenvalue weighted by Crippen LogP contribution is -2.35. The second-order valence-electron chi connectivity index (χ2n) is 8.21. The Kier molecular flexibility index (Phi) is 9.82. The van der Waals surface area contributed by atoms with Gasteiger partial charge in [0.2, 0.25) is 0 Å². The number of carbonyl (C=O) groups is 2. The Hall–Kier alpha value is -3.22. The minimum absolute atomic E-state index is 0.237. The van der Waals surface area contributed by atoms with Crippen LogP contribution >= 0.6 is 0 Å². The normalized spacial score (nSPS) is 11.5. The van der Waals surface area contributed by atoms with Crippen molar-refractivity contribution in [2.45, 2.75) is 45.3 Å². The molecular weight excluding hydrogens is 456 g/mol. The molecule has 0 spiro atoms. The van der Waals surface area contributed by atoms with Gasteiger partial charge < -0.3 is 13.9 Å². The summed E-state index contributed by atoms with van der Waals surface area (Å²) in [6.07, 6.45) is 2.20. The SMILES string of the molecule is CCCC[SiH2]OC(c1ccccc1)(c1ccccc1)c1cc(C(=O)OCC)cc(C(=O)OCC)c1. The summed E-state index contributed by atoms with van der Waals surface area (Å²) in [5.74, 6) is -0.976. The van der Waals surface area contributed by atoms with E-state index in [1.807, 2.05) is 60.7 Å². The van der Waals surface area contributed by atoms with Crippen molar-refractivity contribution < 1.29 is 23.5 Å². The molecule has 0 aliphatic heterocycles. The van der Waals surface area contributed by atoms with Gasteiger partial charge in [0.15, 0.2) is 9.76 Å². The van der Waals surface area contributed by atoms with Crippen molar-refractivity contribution >= 4 is 21.7 Å². The number of hydrogen-bond donors (Lipinski definition) is 0. The molecule has 0 fully saturated rings. The highest BCUT2D eigenvalue weighted by atomic mass is 28.2. The second kappa shape index (κ2) is 13.0. The lowest BCUT2D eigenvalue weighted by molar-refractivity contribution is 0.0524. The minimum atomic E-state index is -0.980. The van der Waals surface area contributed by atoms with E-state index in [0.717, 1.165) is 30.0 Å². The highest BCUT2D eigenvalue weighted by Gasteiger charge is 2.38. The number of esters is 2. The number of unbranched alkanes of at least 4 members (excludes halogenated alkanes) is 1. The Morgan fingerprint density at radius 2 is 1.20 bits per heavy atom. The van der Waals surface area contributed by atoms with Crippen LogP contribution in [0.3, 0.4) is 0 Å². The molecular formula is C29H34O5Si. The third-order valence-corrected chi connectivity index (χ3v) is 7.21. The summed E-state index contributed by atoms with van der Waals surface area (Å²) < 4.78 is 17.5. The van der Waals surface area contributed by atoms with Crippen LogP contribution in [-0.2, 0) is 19.5 Å². The smallest absolute Gasteiger partial charge is 0.338 e. The molecule has 0 N–H and O–H groups in total. The average Bonchev–Trinajstić information content (AvgIpc) is 2.90. The quantitative estimate of drug-likeness (QED) is 0.142. The minimum Gasteiger partial charge on any atom is -0.462 e. The zero-order valence-electron chi connectivity index (χ0n) is 20.8. The Labute approximate surface area is 210 Å². The first-order valence-corrected chi connectivity index (χ1v) is 13.9. The van der Waals surface area contributed by atoms with E-state index < -0.39 is 27.3 Å². The fraction of sp³-hybridized carbons (Fsp3) is 0.310. The van der Waals surface area contributed by atoms with E-state index in [2.05, 4.69) is 6.92 Å². The van der Waals surface area contributed by atoms with Crippen molar-refractivity contribution in [2.75, 3.05) is 13.2 Å². The first-order chi connectivity index (χ1) is 17.1. The summed E-state index contributed by atoms with van der Waals surface area (Å²) in [4.78, 5) is 25.6. The van der Waals surface area contributed by atoms with Crippen LogP contribution in [0, 0.1) is 0 Å². The molecule has 0 amide bonds. The highest BCUT2D eigenvalue weighted by molar-refractivity contribution is 6.27. The fourth-order valence-corrected chi connectivity index (χ4v) is 5.82.